The molecule has 1 aromatic rings. The number of fused-ring (bicyclic) bond motifs is 1. The van der Waals surface area contributed by atoms with E-state index in [4.69, 9.17) is 4.74 Å². The molecule has 6 heteroatoms. The molecule has 1 aromatic heterocycles. The van der Waals surface area contributed by atoms with Gasteiger partial charge in [-0.1, -0.05) is 13.8 Å². The van der Waals surface area contributed by atoms with E-state index >= 15 is 0 Å². The minimum absolute atomic E-state index is 0.171. The van der Waals surface area contributed by atoms with E-state index < -0.39 is 6.09 Å². The smallest absolute Gasteiger partial charge is 0.410 e. The summed E-state index contributed by atoms with van der Waals surface area (Å²) in [7, 11) is 1.33. The lowest BCUT2D eigenvalue weighted by Crippen LogP contribution is -2.32. The Kier molecular flexibility index (Phi) is 2.87. The molecule has 92 valence electrons. The molecule has 0 aliphatic carbocycles. The van der Waals surface area contributed by atoms with Gasteiger partial charge in [0, 0.05) is 0 Å². The van der Waals surface area contributed by atoms with Gasteiger partial charge in [0.25, 0.3) is 5.56 Å². The average Bonchev–Trinajstić information content (AvgIpc) is 2.68. The van der Waals surface area contributed by atoms with Gasteiger partial charge in [0.1, 0.15) is 0 Å². The first kappa shape index (κ1) is 11.6. The lowest BCUT2D eigenvalue weighted by Gasteiger charge is -2.26. The van der Waals surface area contributed by atoms with Crippen molar-refractivity contribution in [2.24, 2.45) is 5.92 Å². The molecule has 1 aliphatic rings. The molecular formula is C11H15N3O3. The molecule has 6 nitrogen and oxygen atoms in total. The third kappa shape index (κ3) is 1.79. The van der Waals surface area contributed by atoms with Crippen LogP contribution in [0.4, 0.5) is 4.79 Å². The number of methoxy groups -OCH3 is 1. The highest BCUT2D eigenvalue weighted by Crippen LogP contribution is 2.35. The van der Waals surface area contributed by atoms with Crippen LogP contribution in [0.1, 0.15) is 31.1 Å². The molecule has 0 saturated carbocycles. The van der Waals surface area contributed by atoms with Crippen LogP contribution in [0.25, 0.3) is 0 Å². The van der Waals surface area contributed by atoms with E-state index in [0.717, 1.165) is 0 Å². The molecule has 0 aromatic carbocycles. The normalized spacial score (nSPS) is 18.4. The fourth-order valence-corrected chi connectivity index (χ4v) is 2.24. The molecule has 2 heterocycles. The Labute approximate surface area is 98.6 Å². The monoisotopic (exact) mass is 237 g/mol. The van der Waals surface area contributed by atoms with Crippen molar-refractivity contribution >= 4 is 6.09 Å². The third-order valence-corrected chi connectivity index (χ3v) is 2.97. The van der Waals surface area contributed by atoms with Gasteiger partial charge in [0.05, 0.1) is 37.3 Å². The predicted molar refractivity (Wildman–Crippen MR) is 60.4 cm³/mol. The van der Waals surface area contributed by atoms with Gasteiger partial charge >= 0.3 is 6.09 Å². The number of hydrogen-bond donors (Lipinski definition) is 1. The number of carbonyl (C=O) groups excluding carboxylic acids is 1. The first-order chi connectivity index (χ1) is 8.06. The van der Waals surface area contributed by atoms with Gasteiger partial charge in [-0.05, 0) is 5.92 Å². The summed E-state index contributed by atoms with van der Waals surface area (Å²) >= 11 is 0. The highest BCUT2D eigenvalue weighted by Gasteiger charge is 2.38. The van der Waals surface area contributed by atoms with Crippen LogP contribution in [-0.2, 0) is 11.3 Å². The second kappa shape index (κ2) is 4.20. The molecule has 17 heavy (non-hydrogen) atoms. The molecule has 1 unspecified atom stereocenters. The van der Waals surface area contributed by atoms with E-state index in [-0.39, 0.29) is 24.1 Å². The molecule has 0 bridgehead atoms. The Hall–Kier alpha value is -1.85. The number of carbonyl (C=O) groups is 1. The highest BCUT2D eigenvalue weighted by atomic mass is 16.5. The van der Waals surface area contributed by atoms with E-state index in [9.17, 15) is 9.59 Å². The van der Waals surface area contributed by atoms with Crippen molar-refractivity contribution in [3.63, 3.8) is 0 Å². The summed E-state index contributed by atoms with van der Waals surface area (Å²) in [6.07, 6.45) is 0.943. The molecule has 0 fully saturated rings. The van der Waals surface area contributed by atoms with Crippen molar-refractivity contribution in [3.05, 3.63) is 27.9 Å². The first-order valence-corrected chi connectivity index (χ1v) is 5.47. The lowest BCUT2D eigenvalue weighted by atomic mass is 10.0. The van der Waals surface area contributed by atoms with Crippen molar-refractivity contribution < 1.29 is 9.53 Å². The van der Waals surface area contributed by atoms with Crippen LogP contribution < -0.4 is 5.56 Å². The van der Waals surface area contributed by atoms with Crippen molar-refractivity contribution in [1.82, 2.24) is 14.9 Å². The number of aromatic nitrogens is 2. The number of ether oxygens (including phenoxy) is 1. The Morgan fingerprint density at radius 1 is 1.65 bits per heavy atom. The number of rotatable bonds is 1. The molecule has 0 radical (unpaired) electrons. The number of nitrogens with zero attached hydrogens (tertiary/aromatic N) is 2. The molecule has 1 atom stereocenters. The van der Waals surface area contributed by atoms with E-state index in [1.165, 1.54) is 18.3 Å². The van der Waals surface area contributed by atoms with Gasteiger partial charge in [-0.2, -0.15) is 0 Å². The molecule has 2 rings (SSSR count). The van der Waals surface area contributed by atoms with Crippen molar-refractivity contribution in [2.75, 3.05) is 7.11 Å². The number of hydrogen-bond acceptors (Lipinski definition) is 4. The largest absolute Gasteiger partial charge is 0.453 e. The zero-order valence-corrected chi connectivity index (χ0v) is 10.1. The van der Waals surface area contributed by atoms with Gasteiger partial charge in [-0.25, -0.2) is 9.78 Å². The topological polar surface area (TPSA) is 75.3 Å². The van der Waals surface area contributed by atoms with Gasteiger partial charge in [0.2, 0.25) is 0 Å². The minimum atomic E-state index is -0.430. The summed E-state index contributed by atoms with van der Waals surface area (Å²) in [5.74, 6) is 0.171. The maximum atomic E-state index is 11.7. The van der Waals surface area contributed by atoms with Crippen LogP contribution in [0.5, 0.6) is 0 Å². The number of amides is 1. The first-order valence-electron chi connectivity index (χ1n) is 5.47. The van der Waals surface area contributed by atoms with Crippen LogP contribution in [0.3, 0.4) is 0 Å². The van der Waals surface area contributed by atoms with Crippen LogP contribution in [0.15, 0.2) is 11.1 Å². The maximum absolute atomic E-state index is 11.7. The standard InChI is InChI=1S/C11H15N3O3/c1-6(2)9-8-7(10(15)13-5-12-8)4-14(9)11(16)17-3/h5-6,9H,4H2,1-3H3,(H,12,13,15). The zero-order valence-electron chi connectivity index (χ0n) is 10.1. The molecule has 0 saturated heterocycles. The summed E-state index contributed by atoms with van der Waals surface area (Å²) in [5.41, 5.74) is 1.04. The molecule has 1 aliphatic heterocycles. The molecule has 1 amide bonds. The van der Waals surface area contributed by atoms with Crippen LogP contribution >= 0.6 is 0 Å². The molecule has 1 N–H and O–H groups in total. The fraction of sp³-hybridized carbons (Fsp3) is 0.545. The molecule has 0 spiro atoms. The summed E-state index contributed by atoms with van der Waals surface area (Å²) in [6, 6.07) is -0.195. The summed E-state index contributed by atoms with van der Waals surface area (Å²) < 4.78 is 4.73. The average molecular weight is 237 g/mol. The number of nitrogens with one attached hydrogen (secondary N) is 1. The Morgan fingerprint density at radius 3 is 2.94 bits per heavy atom. The van der Waals surface area contributed by atoms with Crippen LogP contribution in [-0.4, -0.2) is 28.1 Å². The summed E-state index contributed by atoms with van der Waals surface area (Å²) in [6.45, 7) is 4.23. The number of aromatic amines is 1. The third-order valence-electron chi connectivity index (χ3n) is 2.97. The van der Waals surface area contributed by atoms with E-state index in [2.05, 4.69) is 9.97 Å². The SMILES string of the molecule is COC(=O)N1Cc2c(nc[nH]c2=O)C1C(C)C. The lowest BCUT2D eigenvalue weighted by molar-refractivity contribution is 0.0965. The van der Waals surface area contributed by atoms with Crippen molar-refractivity contribution in [3.8, 4) is 0 Å². The molecular weight excluding hydrogens is 222 g/mol. The Bertz CT molecular complexity index is 495. The van der Waals surface area contributed by atoms with Gasteiger partial charge < -0.3 is 9.72 Å². The van der Waals surface area contributed by atoms with E-state index in [0.29, 0.717) is 11.3 Å². The van der Waals surface area contributed by atoms with Gasteiger partial charge in [-0.15, -0.1) is 0 Å². The maximum Gasteiger partial charge on any atom is 0.410 e. The van der Waals surface area contributed by atoms with Gasteiger partial charge in [-0.3, -0.25) is 9.69 Å². The van der Waals surface area contributed by atoms with Crippen molar-refractivity contribution in [1.29, 1.82) is 0 Å². The van der Waals surface area contributed by atoms with Crippen molar-refractivity contribution in [2.45, 2.75) is 26.4 Å². The second-order valence-corrected chi connectivity index (χ2v) is 4.38. The minimum Gasteiger partial charge on any atom is -0.453 e. The Balaban J connectivity index is 2.48. The van der Waals surface area contributed by atoms with E-state index in [1.54, 1.807) is 0 Å². The van der Waals surface area contributed by atoms with Crippen LogP contribution in [0, 0.1) is 5.92 Å². The van der Waals surface area contributed by atoms with Crippen LogP contribution in [0.2, 0.25) is 0 Å². The predicted octanol–water partition coefficient (Wildman–Crippen LogP) is 1.05. The Morgan fingerprint density at radius 2 is 2.35 bits per heavy atom. The quantitative estimate of drug-likeness (QED) is 0.792. The number of H-pyrrole nitrogens is 1. The highest BCUT2D eigenvalue weighted by molar-refractivity contribution is 5.69. The van der Waals surface area contributed by atoms with E-state index in [1.807, 2.05) is 13.8 Å². The zero-order chi connectivity index (χ0) is 12.6. The second-order valence-electron chi connectivity index (χ2n) is 4.38. The summed E-state index contributed by atoms with van der Waals surface area (Å²) in [4.78, 5) is 31.6. The fourth-order valence-electron chi connectivity index (χ4n) is 2.24. The van der Waals surface area contributed by atoms with Gasteiger partial charge in [0.15, 0.2) is 0 Å². The summed E-state index contributed by atoms with van der Waals surface area (Å²) in [5, 5.41) is 0.